The van der Waals surface area contributed by atoms with E-state index in [1.54, 1.807) is 42.5 Å². The summed E-state index contributed by atoms with van der Waals surface area (Å²) in [6, 6.07) is 11.7. The first-order valence-electron chi connectivity index (χ1n) is 7.22. The first-order chi connectivity index (χ1) is 11.1. The highest BCUT2D eigenvalue weighted by atomic mass is 16.5. The van der Waals surface area contributed by atoms with Crippen LogP contribution in [0.3, 0.4) is 0 Å². The van der Waals surface area contributed by atoms with Crippen LogP contribution in [0.1, 0.15) is 6.92 Å². The molecule has 0 radical (unpaired) electrons. The maximum atomic E-state index is 12.2. The molecule has 3 aromatic rings. The average Bonchev–Trinajstić information content (AvgIpc) is 2.55. The quantitative estimate of drug-likeness (QED) is 0.616. The van der Waals surface area contributed by atoms with E-state index in [0.29, 0.717) is 40.1 Å². The number of hydrogen-bond acceptors (Lipinski definition) is 5. The number of benzene rings is 2. The normalized spacial score (nSPS) is 10.7. The van der Waals surface area contributed by atoms with Crippen molar-refractivity contribution in [1.82, 2.24) is 9.97 Å². The second-order valence-electron chi connectivity index (χ2n) is 4.99. The lowest BCUT2D eigenvalue weighted by Crippen LogP contribution is -2.29. The number of nitrogens with zero attached hydrogens (tertiary/aromatic N) is 1. The number of aromatic amines is 1. The van der Waals surface area contributed by atoms with E-state index in [-0.39, 0.29) is 5.56 Å². The van der Waals surface area contributed by atoms with Gasteiger partial charge in [0.1, 0.15) is 11.6 Å². The summed E-state index contributed by atoms with van der Waals surface area (Å²) in [4.78, 5) is 19.4. The average molecular weight is 310 g/mol. The van der Waals surface area contributed by atoms with Crippen molar-refractivity contribution in [3.63, 3.8) is 0 Å². The lowest BCUT2D eigenvalue weighted by atomic mass is 9.79. The van der Waals surface area contributed by atoms with E-state index in [4.69, 9.17) is 4.74 Å². The highest BCUT2D eigenvalue weighted by Crippen LogP contribution is 2.26. The zero-order valence-electron chi connectivity index (χ0n) is 12.5. The summed E-state index contributed by atoms with van der Waals surface area (Å²) >= 11 is 0. The SMILES string of the molecule is CCOc1ccc(B(O)O)cc1-c1nc2ccccc2c(=O)[nH]1. The summed E-state index contributed by atoms with van der Waals surface area (Å²) in [6.07, 6.45) is 0. The zero-order valence-corrected chi connectivity index (χ0v) is 12.5. The molecule has 0 aliphatic carbocycles. The number of H-pyrrole nitrogens is 1. The molecule has 1 heterocycles. The van der Waals surface area contributed by atoms with E-state index in [9.17, 15) is 14.8 Å². The lowest BCUT2D eigenvalue weighted by molar-refractivity contribution is 0.341. The molecule has 7 heteroatoms. The van der Waals surface area contributed by atoms with E-state index >= 15 is 0 Å². The second kappa shape index (κ2) is 6.24. The molecule has 0 saturated heterocycles. The molecular weight excluding hydrogens is 295 g/mol. The molecule has 0 aliphatic heterocycles. The Bertz CT molecular complexity index is 908. The molecule has 0 bridgehead atoms. The Labute approximate surface area is 132 Å². The predicted octanol–water partition coefficient (Wildman–Crippen LogP) is 0.669. The van der Waals surface area contributed by atoms with Gasteiger partial charge in [-0.2, -0.15) is 0 Å². The van der Waals surface area contributed by atoms with Crippen LogP contribution in [0.2, 0.25) is 0 Å². The van der Waals surface area contributed by atoms with E-state index < -0.39 is 7.12 Å². The molecular formula is C16H15BN2O4. The fourth-order valence-electron chi connectivity index (χ4n) is 2.39. The molecule has 116 valence electrons. The Morgan fingerprint density at radius 1 is 1.22 bits per heavy atom. The summed E-state index contributed by atoms with van der Waals surface area (Å²) in [7, 11) is -1.61. The van der Waals surface area contributed by atoms with Gasteiger partial charge >= 0.3 is 7.12 Å². The predicted molar refractivity (Wildman–Crippen MR) is 88.8 cm³/mol. The van der Waals surface area contributed by atoms with Crippen LogP contribution < -0.4 is 15.8 Å². The van der Waals surface area contributed by atoms with Crippen LogP contribution in [0.5, 0.6) is 5.75 Å². The van der Waals surface area contributed by atoms with Crippen LogP contribution in [0, 0.1) is 0 Å². The Morgan fingerprint density at radius 2 is 2.00 bits per heavy atom. The van der Waals surface area contributed by atoms with Gasteiger partial charge in [-0.25, -0.2) is 4.98 Å². The maximum absolute atomic E-state index is 12.2. The smallest absolute Gasteiger partial charge is 0.488 e. The minimum Gasteiger partial charge on any atom is -0.493 e. The molecule has 1 aromatic heterocycles. The third-order valence-corrected chi connectivity index (χ3v) is 3.47. The summed E-state index contributed by atoms with van der Waals surface area (Å²) in [5.74, 6) is 0.829. The molecule has 0 saturated carbocycles. The minimum atomic E-state index is -1.61. The van der Waals surface area contributed by atoms with Gasteiger partial charge in [0.15, 0.2) is 0 Å². The highest BCUT2D eigenvalue weighted by Gasteiger charge is 2.17. The van der Waals surface area contributed by atoms with Gasteiger partial charge in [0.05, 0.1) is 23.1 Å². The van der Waals surface area contributed by atoms with Crippen LogP contribution in [-0.2, 0) is 0 Å². The van der Waals surface area contributed by atoms with Crippen molar-refractivity contribution in [2.24, 2.45) is 0 Å². The van der Waals surface area contributed by atoms with Crippen molar-refractivity contribution in [1.29, 1.82) is 0 Å². The molecule has 3 N–H and O–H groups in total. The van der Waals surface area contributed by atoms with Crippen LogP contribution in [0.4, 0.5) is 0 Å². The van der Waals surface area contributed by atoms with Gasteiger partial charge < -0.3 is 19.8 Å². The third-order valence-electron chi connectivity index (χ3n) is 3.47. The maximum Gasteiger partial charge on any atom is 0.488 e. The zero-order chi connectivity index (χ0) is 16.4. The molecule has 0 fully saturated rings. The van der Waals surface area contributed by atoms with Gasteiger partial charge in [-0.05, 0) is 36.7 Å². The number of rotatable bonds is 4. The molecule has 6 nitrogen and oxygen atoms in total. The minimum absolute atomic E-state index is 0.261. The van der Waals surface area contributed by atoms with Crippen molar-refractivity contribution >= 4 is 23.5 Å². The van der Waals surface area contributed by atoms with Gasteiger partial charge in [-0.3, -0.25) is 4.79 Å². The van der Waals surface area contributed by atoms with Crippen LogP contribution in [-0.4, -0.2) is 33.7 Å². The molecule has 3 rings (SSSR count). The van der Waals surface area contributed by atoms with Crippen molar-refractivity contribution in [3.05, 3.63) is 52.8 Å². The number of hydrogen-bond donors (Lipinski definition) is 3. The number of nitrogens with one attached hydrogen (secondary N) is 1. The summed E-state index contributed by atoms with van der Waals surface area (Å²) in [5.41, 5.74) is 1.09. The molecule has 23 heavy (non-hydrogen) atoms. The van der Waals surface area contributed by atoms with Crippen molar-refractivity contribution < 1.29 is 14.8 Å². The van der Waals surface area contributed by atoms with Gasteiger partial charge in [-0.15, -0.1) is 0 Å². The Kier molecular flexibility index (Phi) is 4.14. The number of ether oxygens (including phenoxy) is 1. The van der Waals surface area contributed by atoms with Crippen LogP contribution in [0.15, 0.2) is 47.3 Å². The first kappa shape index (κ1) is 15.3. The van der Waals surface area contributed by atoms with Gasteiger partial charge in [0, 0.05) is 0 Å². The number of aromatic nitrogens is 2. The molecule has 0 unspecified atom stereocenters. The Hall–Kier alpha value is -2.64. The van der Waals surface area contributed by atoms with E-state index in [1.165, 1.54) is 0 Å². The number of para-hydroxylation sites is 1. The monoisotopic (exact) mass is 310 g/mol. The van der Waals surface area contributed by atoms with Gasteiger partial charge in [-0.1, -0.05) is 18.2 Å². The van der Waals surface area contributed by atoms with Gasteiger partial charge in [0.25, 0.3) is 5.56 Å². The first-order valence-corrected chi connectivity index (χ1v) is 7.22. The number of fused-ring (bicyclic) bond motifs is 1. The summed E-state index contributed by atoms with van der Waals surface area (Å²) < 4.78 is 5.55. The lowest BCUT2D eigenvalue weighted by Gasteiger charge is -2.12. The van der Waals surface area contributed by atoms with Crippen LogP contribution in [0.25, 0.3) is 22.3 Å². The summed E-state index contributed by atoms with van der Waals surface area (Å²) in [5, 5.41) is 19.2. The van der Waals surface area contributed by atoms with Crippen molar-refractivity contribution in [2.45, 2.75) is 6.92 Å². The Morgan fingerprint density at radius 3 is 2.74 bits per heavy atom. The standard InChI is InChI=1S/C16H15BN2O4/c1-2-23-14-8-7-10(17(21)22)9-12(14)15-18-13-6-4-3-5-11(13)16(20)19-15/h3-9,21-22H,2H2,1H3,(H,18,19,20). The third kappa shape index (κ3) is 2.97. The molecule has 2 aromatic carbocycles. The van der Waals surface area contributed by atoms with E-state index in [1.807, 2.05) is 6.92 Å². The molecule has 0 aliphatic rings. The fourth-order valence-corrected chi connectivity index (χ4v) is 2.39. The molecule has 0 spiro atoms. The van der Waals surface area contributed by atoms with Crippen molar-refractivity contribution in [3.8, 4) is 17.1 Å². The molecule has 0 amide bonds. The highest BCUT2D eigenvalue weighted by molar-refractivity contribution is 6.58. The van der Waals surface area contributed by atoms with Crippen LogP contribution >= 0.6 is 0 Å². The second-order valence-corrected chi connectivity index (χ2v) is 4.99. The Balaban J connectivity index is 2.24. The van der Waals surface area contributed by atoms with Crippen molar-refractivity contribution in [2.75, 3.05) is 6.61 Å². The van der Waals surface area contributed by atoms with E-state index in [2.05, 4.69) is 9.97 Å². The van der Waals surface area contributed by atoms with E-state index in [0.717, 1.165) is 0 Å². The van der Waals surface area contributed by atoms with Gasteiger partial charge in [0.2, 0.25) is 0 Å². The fraction of sp³-hybridized carbons (Fsp3) is 0.125. The topological polar surface area (TPSA) is 95.4 Å². The largest absolute Gasteiger partial charge is 0.493 e. The molecule has 0 atom stereocenters. The summed E-state index contributed by atoms with van der Waals surface area (Å²) in [6.45, 7) is 2.28.